The average molecular weight is 213 g/mol. The van der Waals surface area contributed by atoms with Gasteiger partial charge in [0.05, 0.1) is 5.54 Å². The first kappa shape index (κ1) is 11.6. The lowest BCUT2D eigenvalue weighted by atomic mass is 10.1. The van der Waals surface area contributed by atoms with Crippen LogP contribution in [0.25, 0.3) is 0 Å². The molecule has 0 bridgehead atoms. The lowest BCUT2D eigenvalue weighted by Gasteiger charge is -2.15. The number of hydrogen-bond donors (Lipinski definition) is 2. The van der Waals surface area contributed by atoms with Crippen LogP contribution in [0.5, 0.6) is 0 Å². The Balaban J connectivity index is 2.73. The average Bonchev–Trinajstić information content (AvgIpc) is 2.51. The number of nitrogens with zero attached hydrogens (tertiary/aromatic N) is 4. The molecule has 1 heterocycles. The maximum absolute atomic E-state index is 10.5. The summed E-state index contributed by atoms with van der Waals surface area (Å²) in [7, 11) is 0. The van der Waals surface area contributed by atoms with Gasteiger partial charge in [-0.15, -0.1) is 10.2 Å². The van der Waals surface area contributed by atoms with Crippen molar-refractivity contribution in [3.8, 4) is 0 Å². The Hall–Kier alpha value is -1.50. The van der Waals surface area contributed by atoms with Gasteiger partial charge in [-0.25, -0.2) is 0 Å². The summed E-state index contributed by atoms with van der Waals surface area (Å²) < 4.78 is 0. The van der Waals surface area contributed by atoms with E-state index >= 15 is 0 Å². The first-order valence-electron chi connectivity index (χ1n) is 4.58. The highest BCUT2D eigenvalue weighted by Crippen LogP contribution is 2.09. The fourth-order valence-corrected chi connectivity index (χ4v) is 0.893. The Bertz CT molecular complexity index is 354. The van der Waals surface area contributed by atoms with Crippen LogP contribution < -0.4 is 5.73 Å². The zero-order chi connectivity index (χ0) is 11.6. The molecular weight excluding hydrogens is 198 g/mol. The van der Waals surface area contributed by atoms with E-state index in [9.17, 15) is 4.79 Å². The van der Waals surface area contributed by atoms with Gasteiger partial charge in [0.2, 0.25) is 0 Å². The Morgan fingerprint density at radius 1 is 1.60 bits per heavy atom. The van der Waals surface area contributed by atoms with E-state index in [4.69, 9.17) is 10.8 Å². The van der Waals surface area contributed by atoms with Gasteiger partial charge in [-0.05, 0) is 26.0 Å². The number of hydrogen-bond acceptors (Lipinski definition) is 5. The summed E-state index contributed by atoms with van der Waals surface area (Å²) in [5.41, 5.74) is 5.08. The minimum Gasteiger partial charge on any atom is -0.480 e. The van der Waals surface area contributed by atoms with E-state index in [1.807, 2.05) is 20.8 Å². The summed E-state index contributed by atoms with van der Waals surface area (Å²) in [6.07, 6.45) is 0.0887. The molecule has 15 heavy (non-hydrogen) atoms. The number of aromatic nitrogens is 4. The zero-order valence-electron chi connectivity index (χ0n) is 9.01. The lowest BCUT2D eigenvalue weighted by Crippen LogP contribution is -2.33. The molecule has 1 atom stereocenters. The van der Waals surface area contributed by atoms with Crippen molar-refractivity contribution in [1.82, 2.24) is 20.2 Å². The third kappa shape index (κ3) is 2.98. The van der Waals surface area contributed by atoms with Crippen molar-refractivity contribution in [1.29, 1.82) is 0 Å². The summed E-state index contributed by atoms with van der Waals surface area (Å²) in [5.74, 6) is -0.720. The molecule has 0 saturated carbocycles. The van der Waals surface area contributed by atoms with E-state index in [0.29, 0.717) is 5.82 Å². The number of carboxylic acids is 1. The Kier molecular flexibility index (Phi) is 3.04. The van der Waals surface area contributed by atoms with Gasteiger partial charge in [0, 0.05) is 6.42 Å². The van der Waals surface area contributed by atoms with Crippen molar-refractivity contribution in [2.24, 2.45) is 5.73 Å². The Morgan fingerprint density at radius 3 is 2.60 bits per heavy atom. The molecule has 0 aliphatic rings. The summed E-state index contributed by atoms with van der Waals surface area (Å²) in [6, 6.07) is -0.984. The number of carboxylic acid groups (broad SMARTS) is 1. The van der Waals surface area contributed by atoms with Crippen molar-refractivity contribution >= 4 is 5.97 Å². The summed E-state index contributed by atoms with van der Waals surface area (Å²) >= 11 is 0. The summed E-state index contributed by atoms with van der Waals surface area (Å²) in [4.78, 5) is 11.9. The Labute approximate surface area is 87.3 Å². The standard InChI is InChI=1S/C8H15N5O2/c1-8(2,3)13-11-6(10-12-13)4-5(9)7(14)15/h5H,4,9H2,1-3H3,(H,14,15). The van der Waals surface area contributed by atoms with Gasteiger partial charge in [0.15, 0.2) is 5.82 Å². The van der Waals surface area contributed by atoms with Crippen LogP contribution in [-0.2, 0) is 16.8 Å². The molecule has 7 nitrogen and oxygen atoms in total. The molecule has 1 unspecified atom stereocenters. The van der Waals surface area contributed by atoms with Gasteiger partial charge >= 0.3 is 5.97 Å². The number of nitrogens with two attached hydrogens (primary N) is 1. The van der Waals surface area contributed by atoms with Crippen molar-refractivity contribution in [3.05, 3.63) is 5.82 Å². The monoisotopic (exact) mass is 213 g/mol. The number of tetrazole rings is 1. The van der Waals surface area contributed by atoms with Gasteiger partial charge in [0.1, 0.15) is 6.04 Å². The first-order chi connectivity index (χ1) is 6.80. The molecule has 84 valence electrons. The molecule has 1 rings (SSSR count). The molecule has 0 saturated heterocycles. The zero-order valence-corrected chi connectivity index (χ0v) is 9.01. The van der Waals surface area contributed by atoms with Gasteiger partial charge in [-0.3, -0.25) is 4.79 Å². The fourth-order valence-electron chi connectivity index (χ4n) is 0.893. The molecule has 0 aromatic carbocycles. The van der Waals surface area contributed by atoms with Gasteiger partial charge < -0.3 is 10.8 Å². The topological polar surface area (TPSA) is 107 Å². The molecule has 1 aromatic heterocycles. The molecular formula is C8H15N5O2. The van der Waals surface area contributed by atoms with Crippen LogP contribution in [0.3, 0.4) is 0 Å². The Morgan fingerprint density at radius 2 is 2.20 bits per heavy atom. The van der Waals surface area contributed by atoms with Crippen LogP contribution in [0, 0.1) is 0 Å². The van der Waals surface area contributed by atoms with Crippen LogP contribution in [0.15, 0.2) is 0 Å². The van der Waals surface area contributed by atoms with Gasteiger partial charge in [-0.1, -0.05) is 0 Å². The second kappa shape index (κ2) is 3.93. The van der Waals surface area contributed by atoms with E-state index in [1.54, 1.807) is 0 Å². The highest BCUT2D eigenvalue weighted by atomic mass is 16.4. The quantitative estimate of drug-likeness (QED) is 0.693. The second-order valence-electron chi connectivity index (χ2n) is 4.31. The molecule has 0 spiro atoms. The summed E-state index contributed by atoms with van der Waals surface area (Å²) in [5, 5.41) is 20.2. The van der Waals surface area contributed by atoms with E-state index in [1.165, 1.54) is 4.80 Å². The van der Waals surface area contributed by atoms with Crippen LogP contribution in [-0.4, -0.2) is 37.3 Å². The first-order valence-corrected chi connectivity index (χ1v) is 4.58. The fraction of sp³-hybridized carbons (Fsp3) is 0.750. The molecule has 3 N–H and O–H groups in total. The van der Waals surface area contributed by atoms with Crippen molar-refractivity contribution < 1.29 is 9.90 Å². The van der Waals surface area contributed by atoms with Gasteiger partial charge in [0.25, 0.3) is 0 Å². The SMILES string of the molecule is CC(C)(C)n1nnc(CC(N)C(=O)O)n1. The minimum absolute atomic E-state index is 0.0887. The number of carbonyl (C=O) groups is 1. The molecule has 0 radical (unpaired) electrons. The lowest BCUT2D eigenvalue weighted by molar-refractivity contribution is -0.138. The summed E-state index contributed by atoms with van der Waals surface area (Å²) in [6.45, 7) is 5.78. The second-order valence-corrected chi connectivity index (χ2v) is 4.31. The van der Waals surface area contributed by atoms with Crippen LogP contribution in [0.1, 0.15) is 26.6 Å². The van der Waals surface area contributed by atoms with Crippen LogP contribution in [0.2, 0.25) is 0 Å². The molecule has 0 amide bonds. The smallest absolute Gasteiger partial charge is 0.320 e. The van der Waals surface area contributed by atoms with Crippen LogP contribution in [0.4, 0.5) is 0 Å². The van der Waals surface area contributed by atoms with Crippen molar-refractivity contribution in [3.63, 3.8) is 0 Å². The molecule has 0 fully saturated rings. The third-order valence-electron chi connectivity index (χ3n) is 1.77. The predicted octanol–water partition coefficient (Wildman–Crippen LogP) is -0.617. The largest absolute Gasteiger partial charge is 0.480 e. The molecule has 1 aromatic rings. The molecule has 7 heteroatoms. The highest BCUT2D eigenvalue weighted by Gasteiger charge is 2.19. The van der Waals surface area contributed by atoms with Gasteiger partial charge in [-0.2, -0.15) is 4.80 Å². The molecule has 0 aliphatic heterocycles. The van der Waals surface area contributed by atoms with E-state index in [2.05, 4.69) is 15.4 Å². The third-order valence-corrected chi connectivity index (χ3v) is 1.77. The molecule has 0 aliphatic carbocycles. The van der Waals surface area contributed by atoms with E-state index in [-0.39, 0.29) is 12.0 Å². The van der Waals surface area contributed by atoms with Crippen molar-refractivity contribution in [2.75, 3.05) is 0 Å². The minimum atomic E-state index is -1.07. The van der Waals surface area contributed by atoms with E-state index < -0.39 is 12.0 Å². The highest BCUT2D eigenvalue weighted by molar-refractivity contribution is 5.73. The van der Waals surface area contributed by atoms with Crippen LogP contribution >= 0.6 is 0 Å². The van der Waals surface area contributed by atoms with E-state index in [0.717, 1.165) is 0 Å². The number of rotatable bonds is 3. The number of aliphatic carboxylic acids is 1. The normalized spacial score (nSPS) is 13.9. The predicted molar refractivity (Wildman–Crippen MR) is 52.1 cm³/mol. The van der Waals surface area contributed by atoms with Crippen molar-refractivity contribution in [2.45, 2.75) is 38.8 Å². The maximum Gasteiger partial charge on any atom is 0.320 e. The maximum atomic E-state index is 10.5.